The summed E-state index contributed by atoms with van der Waals surface area (Å²) >= 11 is 0. The molecule has 1 aliphatic rings. The number of amides is 1. The van der Waals surface area contributed by atoms with Crippen LogP contribution in [-0.4, -0.2) is 44.3 Å². The highest BCUT2D eigenvalue weighted by atomic mass is 16.2. The SMILES string of the molecule is O=C(CCc1ccc(=O)[nH]n1)N1CCCC(c2ccn[nH]2)C1. The highest BCUT2D eigenvalue weighted by Gasteiger charge is 2.25. The number of hydrogen-bond acceptors (Lipinski definition) is 4. The second-order valence-electron chi connectivity index (χ2n) is 5.60. The minimum atomic E-state index is -0.228. The second kappa shape index (κ2) is 6.55. The molecular weight excluding hydrogens is 282 g/mol. The molecule has 1 amide bonds. The van der Waals surface area contributed by atoms with Gasteiger partial charge in [0.1, 0.15) is 0 Å². The first kappa shape index (κ1) is 14.5. The normalized spacial score (nSPS) is 18.4. The Bertz CT molecular complexity index is 659. The molecule has 1 unspecified atom stereocenters. The molecule has 0 aromatic carbocycles. The first-order chi connectivity index (χ1) is 10.7. The van der Waals surface area contributed by atoms with Crippen LogP contribution in [0.15, 0.2) is 29.2 Å². The number of nitrogens with zero attached hydrogens (tertiary/aromatic N) is 3. The van der Waals surface area contributed by atoms with Crippen LogP contribution in [-0.2, 0) is 11.2 Å². The molecule has 3 rings (SSSR count). The molecule has 1 atom stereocenters. The molecule has 0 bridgehead atoms. The fourth-order valence-corrected chi connectivity index (χ4v) is 2.86. The predicted molar refractivity (Wildman–Crippen MR) is 80.3 cm³/mol. The van der Waals surface area contributed by atoms with Gasteiger partial charge in [0.25, 0.3) is 5.56 Å². The van der Waals surface area contributed by atoms with Crippen molar-refractivity contribution in [2.24, 2.45) is 0 Å². The second-order valence-corrected chi connectivity index (χ2v) is 5.60. The zero-order valence-electron chi connectivity index (χ0n) is 12.3. The molecule has 3 heterocycles. The molecule has 1 saturated heterocycles. The van der Waals surface area contributed by atoms with Gasteiger partial charge in [-0.3, -0.25) is 14.7 Å². The van der Waals surface area contributed by atoms with Gasteiger partial charge in [-0.05, 0) is 25.0 Å². The van der Waals surface area contributed by atoms with E-state index in [1.807, 2.05) is 11.0 Å². The van der Waals surface area contributed by atoms with Crippen LogP contribution < -0.4 is 5.56 Å². The van der Waals surface area contributed by atoms with Crippen LogP contribution in [0.5, 0.6) is 0 Å². The maximum atomic E-state index is 12.4. The highest BCUT2D eigenvalue weighted by Crippen LogP contribution is 2.25. The summed E-state index contributed by atoms with van der Waals surface area (Å²) < 4.78 is 0. The van der Waals surface area contributed by atoms with E-state index in [0.29, 0.717) is 18.8 Å². The molecule has 7 nitrogen and oxygen atoms in total. The topological polar surface area (TPSA) is 94.7 Å². The summed E-state index contributed by atoms with van der Waals surface area (Å²) in [6.07, 6.45) is 4.79. The average molecular weight is 301 g/mol. The lowest BCUT2D eigenvalue weighted by Crippen LogP contribution is -2.39. The van der Waals surface area contributed by atoms with Gasteiger partial charge in [-0.2, -0.15) is 10.2 Å². The number of carbonyl (C=O) groups excluding carboxylic acids is 1. The van der Waals surface area contributed by atoms with Gasteiger partial charge in [0.2, 0.25) is 5.91 Å². The van der Waals surface area contributed by atoms with Gasteiger partial charge in [0, 0.05) is 49.8 Å². The fraction of sp³-hybridized carbons (Fsp3) is 0.467. The van der Waals surface area contributed by atoms with Crippen LogP contribution in [0.2, 0.25) is 0 Å². The molecule has 2 aromatic rings. The first-order valence-corrected chi connectivity index (χ1v) is 7.54. The third-order valence-electron chi connectivity index (χ3n) is 4.07. The van der Waals surface area contributed by atoms with Gasteiger partial charge in [0.05, 0.1) is 5.69 Å². The monoisotopic (exact) mass is 301 g/mol. The number of nitrogens with one attached hydrogen (secondary N) is 2. The number of likely N-dealkylation sites (tertiary alicyclic amines) is 1. The van der Waals surface area contributed by atoms with Crippen LogP contribution in [0.3, 0.4) is 0 Å². The van der Waals surface area contributed by atoms with Gasteiger partial charge < -0.3 is 4.90 Å². The van der Waals surface area contributed by atoms with E-state index in [-0.39, 0.29) is 11.5 Å². The summed E-state index contributed by atoms with van der Waals surface area (Å²) in [5, 5.41) is 13.3. The Labute approximate surface area is 127 Å². The van der Waals surface area contributed by atoms with Gasteiger partial charge >= 0.3 is 0 Å². The molecule has 116 valence electrons. The van der Waals surface area contributed by atoms with Gasteiger partial charge in [-0.15, -0.1) is 0 Å². The van der Waals surface area contributed by atoms with E-state index in [0.717, 1.165) is 37.3 Å². The van der Waals surface area contributed by atoms with Crippen molar-refractivity contribution in [3.8, 4) is 0 Å². The number of hydrogen-bond donors (Lipinski definition) is 2. The maximum absolute atomic E-state index is 12.4. The lowest BCUT2D eigenvalue weighted by molar-refractivity contribution is -0.132. The Morgan fingerprint density at radius 1 is 1.32 bits per heavy atom. The molecule has 0 spiro atoms. The molecule has 7 heteroatoms. The quantitative estimate of drug-likeness (QED) is 0.874. The Hall–Kier alpha value is -2.44. The van der Waals surface area contributed by atoms with Crippen LogP contribution in [0, 0.1) is 0 Å². The van der Waals surface area contributed by atoms with Gasteiger partial charge in [-0.25, -0.2) is 5.10 Å². The number of piperidine rings is 1. The van der Waals surface area contributed by atoms with E-state index >= 15 is 0 Å². The standard InChI is InChI=1S/C15H19N5O2/c21-14-5-3-12(17-19-14)4-6-15(22)20-9-1-2-11(10-20)13-7-8-16-18-13/h3,5,7-8,11H,1-2,4,6,9-10H2,(H,16,18)(H,19,21). The zero-order chi connectivity index (χ0) is 15.4. The third kappa shape index (κ3) is 3.41. The van der Waals surface area contributed by atoms with Crippen molar-refractivity contribution in [2.75, 3.05) is 13.1 Å². The van der Waals surface area contributed by atoms with Crippen LogP contribution in [0.1, 0.15) is 36.6 Å². The number of H-pyrrole nitrogens is 2. The summed E-state index contributed by atoms with van der Waals surface area (Å²) in [5.41, 5.74) is 1.60. The van der Waals surface area contributed by atoms with E-state index in [1.165, 1.54) is 6.07 Å². The molecule has 0 aliphatic carbocycles. The predicted octanol–water partition coefficient (Wildman–Crippen LogP) is 0.832. The first-order valence-electron chi connectivity index (χ1n) is 7.54. The number of aryl methyl sites for hydroxylation is 1. The number of aromatic amines is 2. The summed E-state index contributed by atoms with van der Waals surface area (Å²) in [6, 6.07) is 5.07. The average Bonchev–Trinajstić information content (AvgIpc) is 3.09. The number of rotatable bonds is 4. The van der Waals surface area contributed by atoms with Crippen LogP contribution in [0.25, 0.3) is 0 Å². The van der Waals surface area contributed by atoms with Crippen molar-refractivity contribution in [1.82, 2.24) is 25.3 Å². The molecule has 2 N–H and O–H groups in total. The van der Waals surface area contributed by atoms with Crippen LogP contribution in [0.4, 0.5) is 0 Å². The molecule has 0 saturated carbocycles. The molecule has 2 aromatic heterocycles. The summed E-state index contributed by atoms with van der Waals surface area (Å²) in [7, 11) is 0. The van der Waals surface area contributed by atoms with E-state index in [2.05, 4.69) is 20.4 Å². The summed E-state index contributed by atoms with van der Waals surface area (Å²) in [5.74, 6) is 0.476. The van der Waals surface area contributed by atoms with E-state index in [9.17, 15) is 9.59 Å². The van der Waals surface area contributed by atoms with Crippen molar-refractivity contribution in [1.29, 1.82) is 0 Å². The lowest BCUT2D eigenvalue weighted by Gasteiger charge is -2.32. The van der Waals surface area contributed by atoms with Gasteiger partial charge in [-0.1, -0.05) is 0 Å². The largest absolute Gasteiger partial charge is 0.342 e. The summed E-state index contributed by atoms with van der Waals surface area (Å²) in [4.78, 5) is 25.2. The molecule has 1 aliphatic heterocycles. The molecular formula is C15H19N5O2. The molecule has 22 heavy (non-hydrogen) atoms. The Morgan fingerprint density at radius 2 is 2.23 bits per heavy atom. The summed E-state index contributed by atoms with van der Waals surface area (Å²) in [6.45, 7) is 1.54. The number of carbonyl (C=O) groups is 1. The highest BCUT2D eigenvalue weighted by molar-refractivity contribution is 5.76. The fourth-order valence-electron chi connectivity index (χ4n) is 2.86. The van der Waals surface area contributed by atoms with Crippen molar-refractivity contribution >= 4 is 5.91 Å². The Balaban J connectivity index is 1.55. The number of aromatic nitrogens is 4. The van der Waals surface area contributed by atoms with Crippen molar-refractivity contribution in [3.05, 3.63) is 46.1 Å². The zero-order valence-corrected chi connectivity index (χ0v) is 12.3. The molecule has 1 fully saturated rings. The van der Waals surface area contributed by atoms with E-state index in [4.69, 9.17) is 0 Å². The maximum Gasteiger partial charge on any atom is 0.264 e. The minimum absolute atomic E-state index is 0.136. The van der Waals surface area contributed by atoms with Crippen molar-refractivity contribution in [3.63, 3.8) is 0 Å². The smallest absolute Gasteiger partial charge is 0.264 e. The Morgan fingerprint density at radius 3 is 2.95 bits per heavy atom. The van der Waals surface area contributed by atoms with E-state index in [1.54, 1.807) is 12.3 Å². The third-order valence-corrected chi connectivity index (χ3v) is 4.07. The van der Waals surface area contributed by atoms with Gasteiger partial charge in [0.15, 0.2) is 0 Å². The van der Waals surface area contributed by atoms with Crippen LogP contribution >= 0.6 is 0 Å². The van der Waals surface area contributed by atoms with E-state index < -0.39 is 0 Å². The molecule has 0 radical (unpaired) electrons. The van der Waals surface area contributed by atoms with Crippen molar-refractivity contribution in [2.45, 2.75) is 31.6 Å². The minimum Gasteiger partial charge on any atom is -0.342 e. The van der Waals surface area contributed by atoms with Crippen molar-refractivity contribution < 1.29 is 4.79 Å². The Kier molecular flexibility index (Phi) is 4.32. The lowest BCUT2D eigenvalue weighted by atomic mass is 9.94.